The summed E-state index contributed by atoms with van der Waals surface area (Å²) in [7, 11) is 0. The molecule has 1 N–H and O–H groups in total. The first-order valence-electron chi connectivity index (χ1n) is 5.58. The zero-order valence-electron chi connectivity index (χ0n) is 9.82. The lowest BCUT2D eigenvalue weighted by Crippen LogP contribution is -2.42. The molecule has 0 bridgehead atoms. The van der Waals surface area contributed by atoms with Crippen molar-refractivity contribution < 1.29 is 23.4 Å². The summed E-state index contributed by atoms with van der Waals surface area (Å²) in [6.07, 6.45) is -0.114. The third-order valence-corrected chi connectivity index (χ3v) is 2.82. The molecule has 0 amide bonds. The Kier molecular flexibility index (Phi) is 3.47. The third kappa shape index (κ3) is 2.43. The van der Waals surface area contributed by atoms with Crippen molar-refractivity contribution >= 4 is 11.7 Å². The van der Waals surface area contributed by atoms with Crippen molar-refractivity contribution in [2.24, 2.45) is 0 Å². The Bertz CT molecular complexity index is 455. The largest absolute Gasteiger partial charge is 0.478 e. The van der Waals surface area contributed by atoms with E-state index in [1.807, 2.05) is 6.92 Å². The van der Waals surface area contributed by atoms with Crippen molar-refractivity contribution in [3.63, 3.8) is 0 Å². The Balaban J connectivity index is 2.36. The number of hydrogen-bond acceptors (Lipinski definition) is 3. The molecule has 4 nitrogen and oxygen atoms in total. The topological polar surface area (TPSA) is 49.8 Å². The van der Waals surface area contributed by atoms with Crippen LogP contribution in [0.15, 0.2) is 12.1 Å². The molecule has 0 aromatic heterocycles. The van der Waals surface area contributed by atoms with Gasteiger partial charge in [-0.05, 0) is 19.1 Å². The molecule has 1 heterocycles. The lowest BCUT2D eigenvalue weighted by molar-refractivity contribution is 0.0527. The molecule has 1 fully saturated rings. The van der Waals surface area contributed by atoms with Crippen LogP contribution in [0.5, 0.6) is 0 Å². The number of aromatic carboxylic acids is 1. The summed E-state index contributed by atoms with van der Waals surface area (Å²) in [6.45, 7) is 2.96. The molecule has 1 saturated heterocycles. The second-order valence-corrected chi connectivity index (χ2v) is 4.22. The van der Waals surface area contributed by atoms with Gasteiger partial charge < -0.3 is 14.7 Å². The van der Waals surface area contributed by atoms with E-state index in [1.54, 1.807) is 0 Å². The maximum Gasteiger partial charge on any atom is 0.335 e. The average molecular weight is 257 g/mol. The van der Waals surface area contributed by atoms with Gasteiger partial charge in [0.15, 0.2) is 0 Å². The summed E-state index contributed by atoms with van der Waals surface area (Å²) in [6, 6.07) is 1.67. The first kappa shape index (κ1) is 12.8. The van der Waals surface area contributed by atoms with Crippen LogP contribution < -0.4 is 4.90 Å². The monoisotopic (exact) mass is 257 g/mol. The number of anilines is 1. The summed E-state index contributed by atoms with van der Waals surface area (Å²) in [5, 5.41) is 8.71. The van der Waals surface area contributed by atoms with E-state index in [4.69, 9.17) is 9.84 Å². The molecule has 1 aromatic rings. The number of carbonyl (C=O) groups is 1. The fourth-order valence-corrected chi connectivity index (χ4v) is 2.01. The molecule has 0 saturated carbocycles. The zero-order valence-corrected chi connectivity index (χ0v) is 9.82. The standard InChI is InChI=1S/C12H13F2NO3/c1-7-6-15(2-3-18-7)11-9(13)4-8(12(16)17)5-10(11)14/h4-5,7H,2-3,6H2,1H3,(H,16,17). The summed E-state index contributed by atoms with van der Waals surface area (Å²) >= 11 is 0. The van der Waals surface area contributed by atoms with Crippen molar-refractivity contribution in [1.29, 1.82) is 0 Å². The molecule has 1 aliphatic rings. The molecule has 0 aliphatic carbocycles. The summed E-state index contributed by atoms with van der Waals surface area (Å²) in [4.78, 5) is 12.2. The lowest BCUT2D eigenvalue weighted by atomic mass is 10.1. The van der Waals surface area contributed by atoms with Crippen LogP contribution in [-0.4, -0.2) is 36.9 Å². The Morgan fingerprint density at radius 1 is 1.44 bits per heavy atom. The number of halogens is 2. The third-order valence-electron chi connectivity index (χ3n) is 2.82. The molecular weight excluding hydrogens is 244 g/mol. The predicted molar refractivity (Wildman–Crippen MR) is 60.9 cm³/mol. The minimum absolute atomic E-state index is 0.114. The maximum atomic E-state index is 13.8. The highest BCUT2D eigenvalue weighted by molar-refractivity contribution is 5.88. The van der Waals surface area contributed by atoms with E-state index in [-0.39, 0.29) is 11.8 Å². The van der Waals surface area contributed by atoms with Crippen LogP contribution in [0.25, 0.3) is 0 Å². The van der Waals surface area contributed by atoms with Crippen LogP contribution in [0, 0.1) is 11.6 Å². The second-order valence-electron chi connectivity index (χ2n) is 4.22. The van der Waals surface area contributed by atoms with Crippen molar-refractivity contribution in [3.8, 4) is 0 Å². The Labute approximate surface area is 103 Å². The smallest absolute Gasteiger partial charge is 0.335 e. The van der Waals surface area contributed by atoms with Gasteiger partial charge in [0, 0.05) is 13.1 Å². The first-order valence-corrected chi connectivity index (χ1v) is 5.58. The number of nitrogens with zero attached hydrogens (tertiary/aromatic N) is 1. The van der Waals surface area contributed by atoms with E-state index in [0.29, 0.717) is 19.7 Å². The van der Waals surface area contributed by atoms with Gasteiger partial charge in [0.05, 0.1) is 18.3 Å². The van der Waals surface area contributed by atoms with E-state index in [1.165, 1.54) is 4.90 Å². The molecule has 6 heteroatoms. The highest BCUT2D eigenvalue weighted by atomic mass is 19.1. The molecule has 1 aliphatic heterocycles. The normalized spacial score (nSPS) is 19.9. The van der Waals surface area contributed by atoms with E-state index >= 15 is 0 Å². The number of benzene rings is 1. The van der Waals surface area contributed by atoms with Gasteiger partial charge in [-0.15, -0.1) is 0 Å². The second kappa shape index (κ2) is 4.89. The van der Waals surface area contributed by atoms with Crippen LogP contribution in [0.3, 0.4) is 0 Å². The fourth-order valence-electron chi connectivity index (χ4n) is 2.01. The number of carboxylic acid groups (broad SMARTS) is 1. The molecule has 2 rings (SSSR count). The number of morpholine rings is 1. The highest BCUT2D eigenvalue weighted by Gasteiger charge is 2.24. The fraction of sp³-hybridized carbons (Fsp3) is 0.417. The molecule has 1 atom stereocenters. The van der Waals surface area contributed by atoms with E-state index < -0.39 is 23.2 Å². The predicted octanol–water partition coefficient (Wildman–Crippen LogP) is 1.89. The maximum absolute atomic E-state index is 13.8. The van der Waals surface area contributed by atoms with Gasteiger partial charge in [0.25, 0.3) is 0 Å². The van der Waals surface area contributed by atoms with Crippen LogP contribution in [0.1, 0.15) is 17.3 Å². The van der Waals surface area contributed by atoms with Gasteiger partial charge in [-0.1, -0.05) is 0 Å². The van der Waals surface area contributed by atoms with Gasteiger partial charge in [-0.25, -0.2) is 13.6 Å². The highest BCUT2D eigenvalue weighted by Crippen LogP contribution is 2.26. The van der Waals surface area contributed by atoms with Crippen LogP contribution in [0.4, 0.5) is 14.5 Å². The molecule has 0 spiro atoms. The van der Waals surface area contributed by atoms with Gasteiger partial charge in [-0.2, -0.15) is 0 Å². The van der Waals surface area contributed by atoms with Gasteiger partial charge >= 0.3 is 5.97 Å². The van der Waals surface area contributed by atoms with Crippen molar-refractivity contribution in [3.05, 3.63) is 29.3 Å². The molecule has 1 unspecified atom stereocenters. The van der Waals surface area contributed by atoms with E-state index in [0.717, 1.165) is 12.1 Å². The number of ether oxygens (including phenoxy) is 1. The summed E-state index contributed by atoms with van der Waals surface area (Å²) < 4.78 is 32.9. The minimum Gasteiger partial charge on any atom is -0.478 e. The molecule has 18 heavy (non-hydrogen) atoms. The van der Waals surface area contributed by atoms with Crippen molar-refractivity contribution in [2.75, 3.05) is 24.6 Å². The van der Waals surface area contributed by atoms with Crippen LogP contribution in [0.2, 0.25) is 0 Å². The Morgan fingerprint density at radius 3 is 2.56 bits per heavy atom. The zero-order chi connectivity index (χ0) is 13.3. The summed E-state index contributed by atoms with van der Waals surface area (Å²) in [5.41, 5.74) is -0.579. The SMILES string of the molecule is CC1CN(c2c(F)cc(C(=O)O)cc2F)CCO1. The van der Waals surface area contributed by atoms with E-state index in [9.17, 15) is 13.6 Å². The average Bonchev–Trinajstić information content (AvgIpc) is 2.27. The molecule has 0 radical (unpaired) electrons. The number of carboxylic acids is 1. The molecule has 1 aromatic carbocycles. The molecule has 98 valence electrons. The lowest BCUT2D eigenvalue weighted by Gasteiger charge is -2.33. The minimum atomic E-state index is -1.35. The quantitative estimate of drug-likeness (QED) is 0.879. The summed E-state index contributed by atoms with van der Waals surface area (Å²) in [5.74, 6) is -3.07. The van der Waals surface area contributed by atoms with Gasteiger partial charge in [-0.3, -0.25) is 0 Å². The Morgan fingerprint density at radius 2 is 2.06 bits per heavy atom. The first-order chi connectivity index (χ1) is 8.49. The Hall–Kier alpha value is -1.69. The van der Waals surface area contributed by atoms with Gasteiger partial charge in [0.1, 0.15) is 17.3 Å². The van der Waals surface area contributed by atoms with Crippen molar-refractivity contribution in [2.45, 2.75) is 13.0 Å². The van der Waals surface area contributed by atoms with Gasteiger partial charge in [0.2, 0.25) is 0 Å². The van der Waals surface area contributed by atoms with E-state index in [2.05, 4.69) is 0 Å². The number of hydrogen-bond donors (Lipinski definition) is 1. The van der Waals surface area contributed by atoms with Crippen LogP contribution in [-0.2, 0) is 4.74 Å². The molecular formula is C12H13F2NO3. The van der Waals surface area contributed by atoms with Crippen LogP contribution >= 0.6 is 0 Å². The number of rotatable bonds is 2. The van der Waals surface area contributed by atoms with Crippen molar-refractivity contribution in [1.82, 2.24) is 0 Å².